The van der Waals surface area contributed by atoms with Crippen molar-refractivity contribution in [2.24, 2.45) is 11.7 Å². The van der Waals surface area contributed by atoms with Crippen LogP contribution >= 0.6 is 0 Å². The minimum atomic E-state index is -0.0989. The van der Waals surface area contributed by atoms with Crippen molar-refractivity contribution in [1.82, 2.24) is 9.88 Å². The fourth-order valence-corrected chi connectivity index (χ4v) is 1.48. The molecule has 0 aliphatic heterocycles. The van der Waals surface area contributed by atoms with Crippen LogP contribution in [0.3, 0.4) is 0 Å². The molecule has 0 bridgehead atoms. The Balaban J connectivity index is 2.80. The Morgan fingerprint density at radius 1 is 1.50 bits per heavy atom. The van der Waals surface area contributed by atoms with Crippen molar-refractivity contribution in [3.05, 3.63) is 24.0 Å². The van der Waals surface area contributed by atoms with Crippen LogP contribution in [0.5, 0.6) is 0 Å². The van der Waals surface area contributed by atoms with E-state index >= 15 is 0 Å². The molecule has 0 saturated carbocycles. The average Bonchev–Trinajstić information content (AvgIpc) is 2.36. The van der Waals surface area contributed by atoms with Crippen molar-refractivity contribution < 1.29 is 4.79 Å². The Bertz CT molecular complexity index is 406. The van der Waals surface area contributed by atoms with E-state index in [1.54, 1.807) is 26.4 Å². The van der Waals surface area contributed by atoms with E-state index in [-0.39, 0.29) is 11.9 Å². The number of anilines is 1. The van der Waals surface area contributed by atoms with E-state index in [9.17, 15) is 4.79 Å². The number of hydrogen-bond donors (Lipinski definition) is 2. The molecule has 0 aliphatic rings. The van der Waals surface area contributed by atoms with Gasteiger partial charge in [0.15, 0.2) is 0 Å². The van der Waals surface area contributed by atoms with E-state index in [1.165, 1.54) is 4.90 Å². The third-order valence-electron chi connectivity index (χ3n) is 3.00. The lowest BCUT2D eigenvalue weighted by Gasteiger charge is -2.21. The van der Waals surface area contributed by atoms with Gasteiger partial charge in [-0.05, 0) is 31.5 Å². The van der Waals surface area contributed by atoms with Crippen molar-refractivity contribution in [2.45, 2.75) is 19.9 Å². The highest BCUT2D eigenvalue weighted by Crippen LogP contribution is 2.13. The smallest absolute Gasteiger partial charge is 0.272 e. The number of nitrogens with two attached hydrogens (primary N) is 1. The molecule has 5 heteroatoms. The summed E-state index contributed by atoms with van der Waals surface area (Å²) in [6.07, 6.45) is 1.64. The van der Waals surface area contributed by atoms with Crippen LogP contribution in [0.4, 0.5) is 5.69 Å². The lowest BCUT2D eigenvalue weighted by molar-refractivity contribution is 0.0822. The SMILES string of the molecule is CC(CN)C(C)Nc1ccnc(C(=O)N(C)C)c1. The number of hydrogen-bond acceptors (Lipinski definition) is 4. The first-order valence-electron chi connectivity index (χ1n) is 6.10. The fourth-order valence-electron chi connectivity index (χ4n) is 1.48. The van der Waals surface area contributed by atoms with Crippen molar-refractivity contribution >= 4 is 11.6 Å². The Labute approximate surface area is 108 Å². The largest absolute Gasteiger partial charge is 0.382 e. The summed E-state index contributed by atoms with van der Waals surface area (Å²) >= 11 is 0. The molecule has 0 radical (unpaired) electrons. The minimum Gasteiger partial charge on any atom is -0.382 e. The molecule has 100 valence electrons. The van der Waals surface area contributed by atoms with Gasteiger partial charge in [0.1, 0.15) is 5.69 Å². The van der Waals surface area contributed by atoms with Gasteiger partial charge >= 0.3 is 0 Å². The predicted molar refractivity (Wildman–Crippen MR) is 73.6 cm³/mol. The zero-order chi connectivity index (χ0) is 13.7. The summed E-state index contributed by atoms with van der Waals surface area (Å²) in [6, 6.07) is 3.87. The Morgan fingerprint density at radius 2 is 2.17 bits per heavy atom. The van der Waals surface area contributed by atoms with Gasteiger partial charge in [0.2, 0.25) is 0 Å². The monoisotopic (exact) mass is 250 g/mol. The first-order valence-corrected chi connectivity index (χ1v) is 6.10. The standard InChI is InChI=1S/C13H22N4O/c1-9(8-14)10(2)16-11-5-6-15-12(7-11)13(18)17(3)4/h5-7,9-10H,8,14H2,1-4H3,(H,15,16). The summed E-state index contributed by atoms with van der Waals surface area (Å²) in [6.45, 7) is 4.79. The molecule has 18 heavy (non-hydrogen) atoms. The molecule has 2 unspecified atom stereocenters. The van der Waals surface area contributed by atoms with Crippen LogP contribution in [-0.4, -0.2) is 42.5 Å². The second kappa shape index (κ2) is 6.35. The van der Waals surface area contributed by atoms with Crippen molar-refractivity contribution in [3.8, 4) is 0 Å². The molecule has 0 aromatic carbocycles. The molecule has 1 amide bonds. The van der Waals surface area contributed by atoms with E-state index in [0.717, 1.165) is 5.69 Å². The molecule has 1 aromatic heterocycles. The Morgan fingerprint density at radius 3 is 2.72 bits per heavy atom. The number of carbonyl (C=O) groups is 1. The molecule has 0 spiro atoms. The number of nitrogens with one attached hydrogen (secondary N) is 1. The quantitative estimate of drug-likeness (QED) is 0.823. The van der Waals surface area contributed by atoms with Gasteiger partial charge in [0.05, 0.1) is 0 Å². The number of amides is 1. The van der Waals surface area contributed by atoms with E-state index in [4.69, 9.17) is 5.73 Å². The average molecular weight is 250 g/mol. The lowest BCUT2D eigenvalue weighted by atomic mass is 10.0. The van der Waals surface area contributed by atoms with E-state index < -0.39 is 0 Å². The van der Waals surface area contributed by atoms with Crippen LogP contribution in [0.2, 0.25) is 0 Å². The highest BCUT2D eigenvalue weighted by molar-refractivity contribution is 5.92. The normalized spacial score (nSPS) is 13.8. The highest BCUT2D eigenvalue weighted by atomic mass is 16.2. The van der Waals surface area contributed by atoms with E-state index in [1.807, 2.05) is 6.07 Å². The summed E-state index contributed by atoms with van der Waals surface area (Å²) in [4.78, 5) is 17.4. The lowest BCUT2D eigenvalue weighted by Crippen LogP contribution is -2.29. The summed E-state index contributed by atoms with van der Waals surface area (Å²) in [5, 5.41) is 3.34. The number of aromatic nitrogens is 1. The second-order valence-electron chi connectivity index (χ2n) is 4.78. The molecule has 1 heterocycles. The summed E-state index contributed by atoms with van der Waals surface area (Å²) in [5.41, 5.74) is 6.97. The van der Waals surface area contributed by atoms with Gasteiger partial charge < -0.3 is 16.0 Å². The minimum absolute atomic E-state index is 0.0989. The molecule has 0 fully saturated rings. The zero-order valence-corrected chi connectivity index (χ0v) is 11.5. The van der Waals surface area contributed by atoms with E-state index in [2.05, 4.69) is 24.1 Å². The van der Waals surface area contributed by atoms with Crippen LogP contribution in [0, 0.1) is 5.92 Å². The van der Waals surface area contributed by atoms with Gasteiger partial charge in [-0.1, -0.05) is 6.92 Å². The maximum atomic E-state index is 11.8. The molecule has 5 nitrogen and oxygen atoms in total. The van der Waals surface area contributed by atoms with E-state index in [0.29, 0.717) is 18.2 Å². The number of nitrogens with zero attached hydrogens (tertiary/aromatic N) is 2. The van der Waals surface area contributed by atoms with Gasteiger partial charge in [0, 0.05) is 32.0 Å². The molecule has 1 aromatic rings. The highest BCUT2D eigenvalue weighted by Gasteiger charge is 2.13. The molecule has 1 rings (SSSR count). The molecule has 0 saturated heterocycles. The Kier molecular flexibility index (Phi) is 5.09. The predicted octanol–water partition coefficient (Wildman–Crippen LogP) is 1.18. The summed E-state index contributed by atoms with van der Waals surface area (Å²) < 4.78 is 0. The third-order valence-corrected chi connectivity index (χ3v) is 3.00. The Hall–Kier alpha value is -1.62. The van der Waals surface area contributed by atoms with Crippen molar-refractivity contribution in [2.75, 3.05) is 26.0 Å². The first kappa shape index (κ1) is 14.4. The zero-order valence-electron chi connectivity index (χ0n) is 11.5. The first-order chi connectivity index (χ1) is 8.45. The number of pyridine rings is 1. The van der Waals surface area contributed by atoms with Crippen LogP contribution in [0.25, 0.3) is 0 Å². The molecular formula is C13H22N4O. The van der Waals surface area contributed by atoms with Crippen LogP contribution < -0.4 is 11.1 Å². The second-order valence-corrected chi connectivity index (χ2v) is 4.78. The van der Waals surface area contributed by atoms with Crippen molar-refractivity contribution in [1.29, 1.82) is 0 Å². The molecule has 0 aliphatic carbocycles. The third kappa shape index (κ3) is 3.70. The molecular weight excluding hydrogens is 228 g/mol. The summed E-state index contributed by atoms with van der Waals surface area (Å²) in [5.74, 6) is 0.268. The van der Waals surface area contributed by atoms with Gasteiger partial charge in [-0.15, -0.1) is 0 Å². The van der Waals surface area contributed by atoms with Crippen LogP contribution in [0.15, 0.2) is 18.3 Å². The fraction of sp³-hybridized carbons (Fsp3) is 0.538. The summed E-state index contributed by atoms with van der Waals surface area (Å²) in [7, 11) is 3.42. The van der Waals surface area contributed by atoms with Gasteiger partial charge in [0.25, 0.3) is 5.91 Å². The van der Waals surface area contributed by atoms with Crippen molar-refractivity contribution in [3.63, 3.8) is 0 Å². The molecule has 2 atom stereocenters. The van der Waals surface area contributed by atoms with Crippen LogP contribution in [0.1, 0.15) is 24.3 Å². The van der Waals surface area contributed by atoms with Gasteiger partial charge in [-0.3, -0.25) is 9.78 Å². The maximum Gasteiger partial charge on any atom is 0.272 e. The topological polar surface area (TPSA) is 71.2 Å². The maximum absolute atomic E-state index is 11.8. The number of carbonyl (C=O) groups excluding carboxylic acids is 1. The van der Waals surface area contributed by atoms with Crippen LogP contribution in [-0.2, 0) is 0 Å². The van der Waals surface area contributed by atoms with Gasteiger partial charge in [-0.25, -0.2) is 0 Å². The number of rotatable bonds is 5. The van der Waals surface area contributed by atoms with Gasteiger partial charge in [-0.2, -0.15) is 0 Å². The molecule has 3 N–H and O–H groups in total.